The SMILES string of the molecule is O=c1nc(CCc2ccc(F)cc2F)cc2n1CC1COCN21. The lowest BCUT2D eigenvalue weighted by atomic mass is 10.1. The monoisotopic (exact) mass is 319 g/mol. The number of fused-ring (bicyclic) bond motifs is 3. The van der Waals surface area contributed by atoms with Gasteiger partial charge in [0.1, 0.15) is 24.2 Å². The van der Waals surface area contributed by atoms with Gasteiger partial charge in [-0.15, -0.1) is 0 Å². The molecule has 2 aliphatic rings. The van der Waals surface area contributed by atoms with Crippen molar-refractivity contribution in [3.05, 3.63) is 57.6 Å². The van der Waals surface area contributed by atoms with Gasteiger partial charge in [-0.1, -0.05) is 6.07 Å². The maximum atomic E-state index is 13.7. The van der Waals surface area contributed by atoms with Crippen LogP contribution >= 0.6 is 0 Å². The van der Waals surface area contributed by atoms with Gasteiger partial charge >= 0.3 is 5.69 Å². The Morgan fingerprint density at radius 1 is 1.26 bits per heavy atom. The molecule has 0 amide bonds. The highest BCUT2D eigenvalue weighted by Gasteiger charge is 2.35. The summed E-state index contributed by atoms with van der Waals surface area (Å²) < 4.78 is 33.7. The molecule has 0 radical (unpaired) electrons. The summed E-state index contributed by atoms with van der Waals surface area (Å²) in [6.45, 7) is 1.67. The Bertz CT molecular complexity index is 821. The minimum atomic E-state index is -0.597. The summed E-state index contributed by atoms with van der Waals surface area (Å²) in [4.78, 5) is 18.3. The van der Waals surface area contributed by atoms with E-state index in [0.717, 1.165) is 11.9 Å². The lowest BCUT2D eigenvalue weighted by molar-refractivity contribution is 0.189. The Kier molecular flexibility index (Phi) is 3.37. The van der Waals surface area contributed by atoms with Crippen molar-refractivity contribution < 1.29 is 13.5 Å². The number of benzene rings is 1. The highest BCUT2D eigenvalue weighted by molar-refractivity contribution is 5.46. The smallest absolute Gasteiger partial charge is 0.349 e. The van der Waals surface area contributed by atoms with E-state index in [1.807, 2.05) is 11.0 Å². The van der Waals surface area contributed by atoms with Crippen LogP contribution in [0.1, 0.15) is 11.3 Å². The third kappa shape index (κ3) is 2.50. The zero-order valence-electron chi connectivity index (χ0n) is 12.3. The fourth-order valence-corrected chi connectivity index (χ4v) is 3.16. The molecule has 1 fully saturated rings. The van der Waals surface area contributed by atoms with E-state index in [1.165, 1.54) is 12.1 Å². The van der Waals surface area contributed by atoms with Gasteiger partial charge < -0.3 is 9.64 Å². The average Bonchev–Trinajstić information content (AvgIpc) is 3.08. The fraction of sp³-hybridized carbons (Fsp3) is 0.375. The molecule has 5 nitrogen and oxygen atoms in total. The molecule has 4 rings (SSSR count). The lowest BCUT2D eigenvalue weighted by Gasteiger charge is -2.15. The van der Waals surface area contributed by atoms with E-state index < -0.39 is 11.6 Å². The number of rotatable bonds is 3. The first-order valence-corrected chi connectivity index (χ1v) is 7.51. The van der Waals surface area contributed by atoms with E-state index in [9.17, 15) is 13.6 Å². The number of nitrogens with zero attached hydrogens (tertiary/aromatic N) is 3. The molecule has 1 aromatic heterocycles. The van der Waals surface area contributed by atoms with Gasteiger partial charge in [-0.2, -0.15) is 4.98 Å². The van der Waals surface area contributed by atoms with Gasteiger partial charge in [-0.25, -0.2) is 13.6 Å². The third-order valence-electron chi connectivity index (χ3n) is 4.38. The lowest BCUT2D eigenvalue weighted by Crippen LogP contribution is -2.26. The summed E-state index contributed by atoms with van der Waals surface area (Å²) >= 11 is 0. The van der Waals surface area contributed by atoms with Crippen molar-refractivity contribution in [1.29, 1.82) is 0 Å². The van der Waals surface area contributed by atoms with Crippen LogP contribution in [0.5, 0.6) is 0 Å². The van der Waals surface area contributed by atoms with Gasteiger partial charge in [-0.3, -0.25) is 4.57 Å². The molecule has 2 aliphatic heterocycles. The van der Waals surface area contributed by atoms with Crippen LogP contribution in [0, 0.1) is 11.6 Å². The maximum absolute atomic E-state index is 13.7. The molecule has 0 bridgehead atoms. The first kappa shape index (κ1) is 14.3. The van der Waals surface area contributed by atoms with Crippen molar-refractivity contribution in [3.8, 4) is 0 Å². The van der Waals surface area contributed by atoms with Crippen LogP contribution in [0.2, 0.25) is 0 Å². The predicted molar refractivity (Wildman–Crippen MR) is 79.3 cm³/mol. The fourth-order valence-electron chi connectivity index (χ4n) is 3.16. The summed E-state index contributed by atoms with van der Waals surface area (Å²) in [7, 11) is 0. The van der Waals surface area contributed by atoms with E-state index in [-0.39, 0.29) is 11.7 Å². The van der Waals surface area contributed by atoms with E-state index in [0.29, 0.717) is 44.0 Å². The normalized spacial score (nSPS) is 19.0. The quantitative estimate of drug-likeness (QED) is 0.860. The number of aryl methyl sites for hydroxylation is 2. The van der Waals surface area contributed by atoms with Crippen molar-refractivity contribution in [2.75, 3.05) is 18.2 Å². The highest BCUT2D eigenvalue weighted by atomic mass is 19.1. The second-order valence-corrected chi connectivity index (χ2v) is 5.86. The molecule has 0 aliphatic carbocycles. The molecule has 2 aromatic rings. The Balaban J connectivity index is 1.57. The van der Waals surface area contributed by atoms with Crippen LogP contribution < -0.4 is 10.6 Å². The van der Waals surface area contributed by atoms with Gasteiger partial charge in [0.15, 0.2) is 0 Å². The number of hydrogen-bond acceptors (Lipinski definition) is 4. The molecule has 1 atom stereocenters. The number of ether oxygens (including phenoxy) is 1. The summed E-state index contributed by atoms with van der Waals surface area (Å²) in [5.74, 6) is -0.363. The molecule has 0 saturated carbocycles. The molecule has 7 heteroatoms. The summed E-state index contributed by atoms with van der Waals surface area (Å²) in [5.41, 5.74) is 0.736. The van der Waals surface area contributed by atoms with Crippen molar-refractivity contribution in [2.24, 2.45) is 0 Å². The maximum Gasteiger partial charge on any atom is 0.349 e. The molecular formula is C16H15F2N3O2. The van der Waals surface area contributed by atoms with E-state index in [1.54, 1.807) is 4.57 Å². The number of aromatic nitrogens is 2. The second kappa shape index (κ2) is 5.42. The standard InChI is InChI=1S/C16H15F2N3O2/c17-11-3-1-10(14(18)5-11)2-4-12-6-15-20(16(22)19-12)7-13-8-23-9-21(13)15/h1,3,5-6,13H,2,4,7-9H2. The molecule has 0 spiro atoms. The van der Waals surface area contributed by atoms with Crippen LogP contribution in [0.4, 0.5) is 14.6 Å². The van der Waals surface area contributed by atoms with Crippen molar-refractivity contribution in [2.45, 2.75) is 25.4 Å². The topological polar surface area (TPSA) is 47.4 Å². The molecule has 3 heterocycles. The molecule has 1 saturated heterocycles. The van der Waals surface area contributed by atoms with Crippen LogP contribution in [-0.2, 0) is 24.1 Å². The predicted octanol–water partition coefficient (Wildman–Crippen LogP) is 1.48. The summed E-state index contributed by atoms with van der Waals surface area (Å²) in [6.07, 6.45) is 0.785. The van der Waals surface area contributed by atoms with Crippen molar-refractivity contribution in [3.63, 3.8) is 0 Å². The van der Waals surface area contributed by atoms with E-state index in [4.69, 9.17) is 4.74 Å². The molecule has 120 valence electrons. The number of halogens is 2. The van der Waals surface area contributed by atoms with Crippen LogP contribution in [0.25, 0.3) is 0 Å². The van der Waals surface area contributed by atoms with Gasteiger partial charge in [0, 0.05) is 12.1 Å². The Morgan fingerprint density at radius 3 is 2.96 bits per heavy atom. The highest BCUT2D eigenvalue weighted by Crippen LogP contribution is 2.28. The van der Waals surface area contributed by atoms with Crippen LogP contribution in [0.3, 0.4) is 0 Å². The molecule has 1 aromatic carbocycles. The zero-order valence-corrected chi connectivity index (χ0v) is 12.3. The summed E-state index contributed by atoms with van der Waals surface area (Å²) in [5, 5.41) is 0. The van der Waals surface area contributed by atoms with Crippen molar-refractivity contribution >= 4 is 5.82 Å². The van der Waals surface area contributed by atoms with Crippen LogP contribution in [0.15, 0.2) is 29.1 Å². The number of hydrogen-bond donors (Lipinski definition) is 0. The van der Waals surface area contributed by atoms with Gasteiger partial charge in [-0.05, 0) is 24.5 Å². The van der Waals surface area contributed by atoms with E-state index in [2.05, 4.69) is 4.98 Å². The van der Waals surface area contributed by atoms with Gasteiger partial charge in [0.05, 0.1) is 24.9 Å². The largest absolute Gasteiger partial charge is 0.359 e. The van der Waals surface area contributed by atoms with Crippen molar-refractivity contribution in [1.82, 2.24) is 9.55 Å². The van der Waals surface area contributed by atoms with Crippen LogP contribution in [-0.4, -0.2) is 28.9 Å². The minimum absolute atomic E-state index is 0.189. The minimum Gasteiger partial charge on any atom is -0.359 e. The first-order valence-electron chi connectivity index (χ1n) is 7.51. The average molecular weight is 319 g/mol. The molecular weight excluding hydrogens is 304 g/mol. The Hall–Kier alpha value is -2.28. The third-order valence-corrected chi connectivity index (χ3v) is 4.38. The first-order chi connectivity index (χ1) is 11.1. The molecule has 1 unspecified atom stereocenters. The Morgan fingerprint density at radius 2 is 2.13 bits per heavy atom. The molecule has 23 heavy (non-hydrogen) atoms. The molecule has 0 N–H and O–H groups in total. The zero-order chi connectivity index (χ0) is 16.0. The summed E-state index contributed by atoms with van der Waals surface area (Å²) in [6, 6.07) is 5.57. The van der Waals surface area contributed by atoms with Gasteiger partial charge in [0.25, 0.3) is 0 Å². The second-order valence-electron chi connectivity index (χ2n) is 5.86. The number of anilines is 1. The Labute approximate surface area is 131 Å². The van der Waals surface area contributed by atoms with Gasteiger partial charge in [0.2, 0.25) is 0 Å². The van der Waals surface area contributed by atoms with E-state index >= 15 is 0 Å².